The lowest BCUT2D eigenvalue weighted by Gasteiger charge is -2.19. The van der Waals surface area contributed by atoms with Gasteiger partial charge < -0.3 is 18.4 Å². The normalized spacial score (nSPS) is 13.4. The molecule has 7 heteroatoms. The Morgan fingerprint density at radius 1 is 1.00 bits per heavy atom. The van der Waals surface area contributed by atoms with Gasteiger partial charge in [0, 0.05) is 6.07 Å². The molecule has 6 nitrogen and oxygen atoms in total. The molecule has 0 bridgehead atoms. The zero-order valence-electron chi connectivity index (χ0n) is 12.5. The van der Waals surface area contributed by atoms with Gasteiger partial charge in [-0.05, 0) is 31.2 Å². The summed E-state index contributed by atoms with van der Waals surface area (Å²) in [6, 6.07) is 11.0. The second-order valence-electron chi connectivity index (χ2n) is 4.72. The van der Waals surface area contributed by atoms with E-state index in [-0.39, 0.29) is 10.6 Å². The molecular formula is C16H16O6S. The minimum absolute atomic E-state index is 0.00643. The van der Waals surface area contributed by atoms with Gasteiger partial charge in [0.25, 0.3) is 0 Å². The molecule has 0 saturated heterocycles. The smallest absolute Gasteiger partial charge is 0.339 e. The highest BCUT2D eigenvalue weighted by molar-refractivity contribution is 7.87. The van der Waals surface area contributed by atoms with Crippen molar-refractivity contribution in [3.63, 3.8) is 0 Å². The molecule has 3 rings (SSSR count). The standard InChI is InChI=1S/C16H16O6S/c1-2-19-13-5-3-4-6-15(13)22-23(17,18)12-7-8-14-16(11-12)21-10-9-20-14/h3-8,11H,2,9-10H2,1H3. The summed E-state index contributed by atoms with van der Waals surface area (Å²) in [5.41, 5.74) is 0. The fourth-order valence-electron chi connectivity index (χ4n) is 2.14. The molecule has 0 atom stereocenters. The number of benzene rings is 2. The number of ether oxygens (including phenoxy) is 3. The molecule has 23 heavy (non-hydrogen) atoms. The molecule has 1 aliphatic heterocycles. The number of hydrogen-bond acceptors (Lipinski definition) is 6. The lowest BCUT2D eigenvalue weighted by Crippen LogP contribution is -2.16. The van der Waals surface area contributed by atoms with Crippen LogP contribution in [-0.2, 0) is 10.1 Å². The van der Waals surface area contributed by atoms with E-state index < -0.39 is 10.1 Å². The first-order valence-electron chi connectivity index (χ1n) is 7.16. The summed E-state index contributed by atoms with van der Waals surface area (Å²) in [5.74, 6) is 1.42. The van der Waals surface area contributed by atoms with Crippen molar-refractivity contribution in [2.45, 2.75) is 11.8 Å². The Bertz CT molecular complexity index is 800. The van der Waals surface area contributed by atoms with Crippen LogP contribution in [0.25, 0.3) is 0 Å². The number of fused-ring (bicyclic) bond motifs is 1. The third-order valence-electron chi connectivity index (χ3n) is 3.15. The topological polar surface area (TPSA) is 71.1 Å². The van der Waals surface area contributed by atoms with Crippen LogP contribution < -0.4 is 18.4 Å². The van der Waals surface area contributed by atoms with Crippen LogP contribution in [0.1, 0.15) is 6.92 Å². The van der Waals surface area contributed by atoms with Crippen LogP contribution >= 0.6 is 0 Å². The molecule has 0 unspecified atom stereocenters. The molecule has 2 aromatic carbocycles. The van der Waals surface area contributed by atoms with E-state index in [4.69, 9.17) is 18.4 Å². The zero-order chi connectivity index (χ0) is 16.3. The van der Waals surface area contributed by atoms with Crippen LogP contribution in [0.4, 0.5) is 0 Å². The fraction of sp³-hybridized carbons (Fsp3) is 0.250. The van der Waals surface area contributed by atoms with E-state index in [2.05, 4.69) is 0 Å². The summed E-state index contributed by atoms with van der Waals surface area (Å²) in [6.45, 7) is 3.04. The molecule has 0 N–H and O–H groups in total. The summed E-state index contributed by atoms with van der Waals surface area (Å²) in [6.07, 6.45) is 0. The minimum atomic E-state index is -4.00. The quantitative estimate of drug-likeness (QED) is 0.782. The first kappa shape index (κ1) is 15.5. The molecular weight excluding hydrogens is 320 g/mol. The van der Waals surface area contributed by atoms with E-state index in [1.807, 2.05) is 6.92 Å². The summed E-state index contributed by atoms with van der Waals surface area (Å²) in [7, 11) is -4.00. The van der Waals surface area contributed by atoms with Gasteiger partial charge in [-0.2, -0.15) is 8.42 Å². The summed E-state index contributed by atoms with van der Waals surface area (Å²) in [4.78, 5) is -0.00643. The van der Waals surface area contributed by atoms with Crippen molar-refractivity contribution in [2.24, 2.45) is 0 Å². The molecule has 0 radical (unpaired) electrons. The second-order valence-corrected chi connectivity index (χ2v) is 6.27. The lowest BCUT2D eigenvalue weighted by molar-refractivity contribution is 0.171. The highest BCUT2D eigenvalue weighted by atomic mass is 32.2. The van der Waals surface area contributed by atoms with Crippen molar-refractivity contribution < 1.29 is 26.8 Å². The zero-order valence-corrected chi connectivity index (χ0v) is 13.3. The maximum Gasteiger partial charge on any atom is 0.339 e. The average molecular weight is 336 g/mol. The summed E-state index contributed by atoms with van der Waals surface area (Å²) in [5, 5.41) is 0. The molecule has 0 saturated carbocycles. The molecule has 1 heterocycles. The number of rotatable bonds is 5. The SMILES string of the molecule is CCOc1ccccc1OS(=O)(=O)c1ccc2c(c1)OCCO2. The van der Waals surface area contributed by atoms with E-state index in [9.17, 15) is 8.42 Å². The van der Waals surface area contributed by atoms with Crippen molar-refractivity contribution in [1.29, 1.82) is 0 Å². The van der Waals surface area contributed by atoms with E-state index in [1.54, 1.807) is 30.3 Å². The van der Waals surface area contributed by atoms with Gasteiger partial charge in [0.05, 0.1) is 6.61 Å². The molecule has 1 aliphatic rings. The van der Waals surface area contributed by atoms with Gasteiger partial charge >= 0.3 is 10.1 Å². The van der Waals surface area contributed by atoms with Gasteiger partial charge in [0.15, 0.2) is 23.0 Å². The second kappa shape index (κ2) is 6.37. The Kier molecular flexibility index (Phi) is 4.29. The molecule has 0 aromatic heterocycles. The maximum atomic E-state index is 12.5. The Hall–Kier alpha value is -2.41. The van der Waals surface area contributed by atoms with Gasteiger partial charge in [0.1, 0.15) is 18.1 Å². The van der Waals surface area contributed by atoms with Crippen LogP contribution in [0.2, 0.25) is 0 Å². The molecule has 0 amide bonds. The Balaban J connectivity index is 1.90. The molecule has 0 aliphatic carbocycles. The maximum absolute atomic E-state index is 12.5. The lowest BCUT2D eigenvalue weighted by atomic mass is 10.3. The third kappa shape index (κ3) is 3.34. The van der Waals surface area contributed by atoms with E-state index in [0.717, 1.165) is 0 Å². The third-order valence-corrected chi connectivity index (χ3v) is 4.38. The first-order chi connectivity index (χ1) is 11.1. The minimum Gasteiger partial charge on any atom is -0.490 e. The van der Waals surface area contributed by atoms with Crippen LogP contribution in [0.5, 0.6) is 23.0 Å². The number of para-hydroxylation sites is 2. The number of hydrogen-bond donors (Lipinski definition) is 0. The van der Waals surface area contributed by atoms with Crippen LogP contribution in [0.3, 0.4) is 0 Å². The highest BCUT2D eigenvalue weighted by Crippen LogP contribution is 2.34. The Labute approximate surface area is 134 Å². The first-order valence-corrected chi connectivity index (χ1v) is 8.57. The summed E-state index contributed by atoms with van der Waals surface area (Å²) < 4.78 is 46.3. The fourth-order valence-corrected chi connectivity index (χ4v) is 3.10. The monoisotopic (exact) mass is 336 g/mol. The van der Waals surface area contributed by atoms with Gasteiger partial charge in [0.2, 0.25) is 0 Å². The van der Waals surface area contributed by atoms with Crippen LogP contribution in [0.15, 0.2) is 47.4 Å². The predicted molar refractivity (Wildman–Crippen MR) is 82.9 cm³/mol. The van der Waals surface area contributed by atoms with Crippen molar-refractivity contribution in [1.82, 2.24) is 0 Å². The van der Waals surface area contributed by atoms with Crippen molar-refractivity contribution >= 4 is 10.1 Å². The largest absolute Gasteiger partial charge is 0.490 e. The van der Waals surface area contributed by atoms with Gasteiger partial charge in [-0.1, -0.05) is 12.1 Å². The molecule has 0 spiro atoms. The Morgan fingerprint density at radius 3 is 2.43 bits per heavy atom. The van der Waals surface area contributed by atoms with E-state index in [1.165, 1.54) is 12.1 Å². The van der Waals surface area contributed by atoms with E-state index in [0.29, 0.717) is 37.1 Å². The van der Waals surface area contributed by atoms with Crippen LogP contribution in [0, 0.1) is 0 Å². The Morgan fingerprint density at radius 2 is 1.70 bits per heavy atom. The molecule has 2 aromatic rings. The van der Waals surface area contributed by atoms with Crippen molar-refractivity contribution in [3.05, 3.63) is 42.5 Å². The van der Waals surface area contributed by atoms with E-state index >= 15 is 0 Å². The van der Waals surface area contributed by atoms with Crippen molar-refractivity contribution in [2.75, 3.05) is 19.8 Å². The molecule has 0 fully saturated rings. The predicted octanol–water partition coefficient (Wildman–Crippen LogP) is 2.62. The summed E-state index contributed by atoms with van der Waals surface area (Å²) >= 11 is 0. The molecule has 122 valence electrons. The highest BCUT2D eigenvalue weighted by Gasteiger charge is 2.22. The van der Waals surface area contributed by atoms with Gasteiger partial charge in [-0.3, -0.25) is 0 Å². The van der Waals surface area contributed by atoms with Gasteiger partial charge in [-0.25, -0.2) is 0 Å². The van der Waals surface area contributed by atoms with Gasteiger partial charge in [-0.15, -0.1) is 0 Å². The van der Waals surface area contributed by atoms with Crippen LogP contribution in [-0.4, -0.2) is 28.2 Å². The van der Waals surface area contributed by atoms with Crippen molar-refractivity contribution in [3.8, 4) is 23.0 Å². The average Bonchev–Trinajstić information content (AvgIpc) is 2.56.